The van der Waals surface area contributed by atoms with Gasteiger partial charge in [0, 0.05) is 51.8 Å². The molecule has 1 atom stereocenters. The summed E-state index contributed by atoms with van der Waals surface area (Å²) in [6.45, 7) is 5.58. The van der Waals surface area contributed by atoms with Crippen molar-refractivity contribution in [2.24, 2.45) is 11.7 Å². The van der Waals surface area contributed by atoms with E-state index in [-0.39, 0.29) is 6.04 Å². The number of carbonyl (C=O) groups excluding carboxylic acids is 2. The molecule has 2 aliphatic rings. The van der Waals surface area contributed by atoms with Gasteiger partial charge in [0.2, 0.25) is 0 Å². The van der Waals surface area contributed by atoms with Gasteiger partial charge in [-0.2, -0.15) is 0 Å². The lowest BCUT2D eigenvalue weighted by Crippen LogP contribution is -2.29. The third-order valence-electron chi connectivity index (χ3n) is 7.29. The molecule has 0 unspecified atom stereocenters. The number of amides is 2. The molecular formula is C34H36ClN5O7. The quantitative estimate of drug-likeness (QED) is 0.188. The van der Waals surface area contributed by atoms with Crippen molar-refractivity contribution in [3.05, 3.63) is 77.1 Å². The molecule has 2 aromatic carbocycles. The molecule has 12 nitrogen and oxygen atoms in total. The van der Waals surface area contributed by atoms with E-state index in [1.165, 1.54) is 14.2 Å². The zero-order chi connectivity index (χ0) is 33.5. The van der Waals surface area contributed by atoms with E-state index in [4.69, 9.17) is 31.5 Å². The highest BCUT2D eigenvalue weighted by molar-refractivity contribution is 6.30. The van der Waals surface area contributed by atoms with E-state index < -0.39 is 12.2 Å². The Bertz CT molecular complexity index is 1770. The number of carbonyl (C=O) groups is 2. The van der Waals surface area contributed by atoms with Crippen LogP contribution in [0.15, 0.2) is 60.9 Å². The lowest BCUT2D eigenvalue weighted by Gasteiger charge is -2.22. The van der Waals surface area contributed by atoms with E-state index in [0.717, 1.165) is 57.1 Å². The van der Waals surface area contributed by atoms with Crippen molar-refractivity contribution < 1.29 is 33.3 Å². The number of halogens is 1. The molecule has 0 radical (unpaired) electrons. The molecule has 2 aromatic heterocycles. The number of fused-ring (bicyclic) bond motifs is 6. The molecule has 6 rings (SSSR count). The predicted molar refractivity (Wildman–Crippen MR) is 178 cm³/mol. The third-order valence-corrected chi connectivity index (χ3v) is 7.52. The fraction of sp³-hybridized carbons (Fsp3) is 0.294. The topological polar surface area (TPSA) is 156 Å². The van der Waals surface area contributed by atoms with Crippen LogP contribution in [0.1, 0.15) is 31.4 Å². The van der Waals surface area contributed by atoms with Crippen molar-refractivity contribution in [2.45, 2.75) is 39.5 Å². The standard InChI is InChI=1S/C20H25N3O4.C14H11ClN2O3/c1-12(2)6-14(21)11-26-15-4-5-16-17-8-19(23-20(24)25-3)22-9-13(17)10-27-18(16)7-15;1-19-14(18)17-13-5-11-8(6-16-13)7-20-12-4-9(15)2-3-10(11)12/h4-5,7-9,12,14H,6,10-11,21H2,1-3H3,(H,22,23,24);2-6H,7H2,1H3,(H,16,17,18)/t14-;/m0./s1. The van der Waals surface area contributed by atoms with Crippen molar-refractivity contribution >= 4 is 35.4 Å². The van der Waals surface area contributed by atoms with E-state index in [2.05, 4.69) is 43.9 Å². The molecule has 4 aromatic rings. The van der Waals surface area contributed by atoms with E-state index >= 15 is 0 Å². The first kappa shape index (κ1) is 33.3. The van der Waals surface area contributed by atoms with Crippen LogP contribution in [0.3, 0.4) is 0 Å². The number of nitrogens with two attached hydrogens (primary N) is 1. The molecule has 0 bridgehead atoms. The molecule has 13 heteroatoms. The van der Waals surface area contributed by atoms with Gasteiger partial charge in [0.05, 0.1) is 14.2 Å². The van der Waals surface area contributed by atoms with Gasteiger partial charge in [-0.25, -0.2) is 19.6 Å². The number of hydrogen-bond donors (Lipinski definition) is 3. The minimum Gasteiger partial charge on any atom is -0.492 e. The van der Waals surface area contributed by atoms with Crippen LogP contribution in [-0.4, -0.2) is 49.0 Å². The van der Waals surface area contributed by atoms with Crippen LogP contribution in [0, 0.1) is 5.92 Å². The summed E-state index contributed by atoms with van der Waals surface area (Å²) in [4.78, 5) is 31.0. The molecule has 0 aliphatic carbocycles. The number of hydrogen-bond acceptors (Lipinski definition) is 10. The Labute approximate surface area is 277 Å². The average Bonchev–Trinajstić information content (AvgIpc) is 3.06. The highest BCUT2D eigenvalue weighted by Gasteiger charge is 2.21. The fourth-order valence-electron chi connectivity index (χ4n) is 5.11. The number of aromatic nitrogens is 2. The summed E-state index contributed by atoms with van der Waals surface area (Å²) in [5.74, 6) is 3.56. The molecule has 4 N–H and O–H groups in total. The number of methoxy groups -OCH3 is 2. The molecule has 2 amide bonds. The molecule has 0 fully saturated rings. The van der Waals surface area contributed by atoms with Crippen LogP contribution in [0.25, 0.3) is 22.3 Å². The Morgan fingerprint density at radius 3 is 1.89 bits per heavy atom. The van der Waals surface area contributed by atoms with Crippen LogP contribution in [-0.2, 0) is 22.7 Å². The Morgan fingerprint density at radius 1 is 0.830 bits per heavy atom. The van der Waals surface area contributed by atoms with Gasteiger partial charge in [-0.15, -0.1) is 0 Å². The summed E-state index contributed by atoms with van der Waals surface area (Å²) >= 11 is 5.96. The van der Waals surface area contributed by atoms with Crippen LogP contribution in [0.4, 0.5) is 21.2 Å². The number of ether oxygens (including phenoxy) is 5. The molecule has 47 heavy (non-hydrogen) atoms. The second-order valence-electron chi connectivity index (χ2n) is 11.3. The van der Waals surface area contributed by atoms with Gasteiger partial charge in [0.25, 0.3) is 0 Å². The molecule has 0 saturated heterocycles. The second kappa shape index (κ2) is 15.0. The smallest absolute Gasteiger partial charge is 0.412 e. The van der Waals surface area contributed by atoms with Crippen LogP contribution >= 0.6 is 11.6 Å². The van der Waals surface area contributed by atoms with Crippen molar-refractivity contribution in [1.29, 1.82) is 0 Å². The van der Waals surface area contributed by atoms with Crippen molar-refractivity contribution in [3.8, 4) is 39.5 Å². The lowest BCUT2D eigenvalue weighted by molar-refractivity contribution is 0.186. The number of nitrogens with one attached hydrogen (secondary N) is 2. The zero-order valence-electron chi connectivity index (χ0n) is 26.5. The minimum atomic E-state index is -0.559. The first-order valence-corrected chi connectivity index (χ1v) is 15.3. The van der Waals surface area contributed by atoms with Crippen molar-refractivity contribution in [3.63, 3.8) is 0 Å². The Morgan fingerprint density at radius 2 is 1.36 bits per heavy atom. The average molecular weight is 662 g/mol. The second-order valence-corrected chi connectivity index (χ2v) is 11.7. The molecular weight excluding hydrogens is 626 g/mol. The minimum absolute atomic E-state index is 0.000653. The van der Waals surface area contributed by atoms with Gasteiger partial charge in [-0.05, 0) is 65.9 Å². The fourth-order valence-corrected chi connectivity index (χ4v) is 5.27. The van der Waals surface area contributed by atoms with Gasteiger partial charge < -0.3 is 29.4 Å². The van der Waals surface area contributed by atoms with Gasteiger partial charge in [-0.1, -0.05) is 25.4 Å². The van der Waals surface area contributed by atoms with E-state index in [0.29, 0.717) is 42.4 Å². The van der Waals surface area contributed by atoms with Gasteiger partial charge in [0.15, 0.2) is 0 Å². The van der Waals surface area contributed by atoms with Crippen LogP contribution in [0.5, 0.6) is 17.2 Å². The zero-order valence-corrected chi connectivity index (χ0v) is 27.2. The summed E-state index contributed by atoms with van der Waals surface area (Å²) in [7, 11) is 2.62. The summed E-state index contributed by atoms with van der Waals surface area (Å²) in [6.07, 6.45) is 3.17. The van der Waals surface area contributed by atoms with Crippen molar-refractivity contribution in [1.82, 2.24) is 9.97 Å². The van der Waals surface area contributed by atoms with E-state index in [1.807, 2.05) is 30.3 Å². The van der Waals surface area contributed by atoms with E-state index in [9.17, 15) is 9.59 Å². The maximum absolute atomic E-state index is 11.4. The number of pyridine rings is 2. The molecule has 0 spiro atoms. The monoisotopic (exact) mass is 661 g/mol. The van der Waals surface area contributed by atoms with Gasteiger partial charge in [-0.3, -0.25) is 10.6 Å². The van der Waals surface area contributed by atoms with E-state index in [1.54, 1.807) is 30.6 Å². The Hall–Kier alpha value is -5.07. The van der Waals surface area contributed by atoms with Crippen LogP contribution < -0.4 is 30.6 Å². The lowest BCUT2D eigenvalue weighted by atomic mass is 9.98. The normalized spacial score (nSPS) is 12.7. The number of rotatable bonds is 7. The molecule has 4 heterocycles. The SMILES string of the molecule is COC(=O)Nc1cc2c(cn1)COc1cc(Cl)ccc1-2.COC(=O)Nc1cc2c(cn1)COc1cc(OC[C@@H](N)CC(C)C)ccc1-2. The first-order valence-electron chi connectivity index (χ1n) is 14.9. The Kier molecular flexibility index (Phi) is 10.6. The molecule has 0 saturated carbocycles. The largest absolute Gasteiger partial charge is 0.492 e. The van der Waals surface area contributed by atoms with Crippen LogP contribution in [0.2, 0.25) is 5.02 Å². The summed E-state index contributed by atoms with van der Waals surface area (Å²) in [5.41, 5.74) is 11.8. The molecule has 246 valence electrons. The maximum atomic E-state index is 11.4. The summed E-state index contributed by atoms with van der Waals surface area (Å²) in [6, 6.07) is 14.8. The summed E-state index contributed by atoms with van der Waals surface area (Å²) in [5, 5.41) is 5.74. The van der Waals surface area contributed by atoms with Gasteiger partial charge in [0.1, 0.15) is 48.7 Å². The van der Waals surface area contributed by atoms with Gasteiger partial charge >= 0.3 is 12.2 Å². The number of anilines is 2. The Balaban J connectivity index is 0.000000193. The summed E-state index contributed by atoms with van der Waals surface area (Å²) < 4.78 is 26.5. The highest BCUT2D eigenvalue weighted by atomic mass is 35.5. The first-order chi connectivity index (χ1) is 22.6. The third kappa shape index (κ3) is 8.40. The maximum Gasteiger partial charge on any atom is 0.412 e. The highest BCUT2D eigenvalue weighted by Crippen LogP contribution is 2.41. The molecule has 2 aliphatic heterocycles. The number of nitrogens with zero attached hydrogens (tertiary/aromatic N) is 2. The van der Waals surface area contributed by atoms with Crippen molar-refractivity contribution in [2.75, 3.05) is 31.5 Å². The predicted octanol–water partition coefficient (Wildman–Crippen LogP) is 7.04. The number of benzene rings is 2.